The average molecular weight is 452 g/mol. The molecule has 31 heavy (non-hydrogen) atoms. The fraction of sp³-hybridized carbons (Fsp3) is 0.250. The van der Waals surface area contributed by atoms with Crippen LogP contribution in [0.4, 0.5) is 0 Å². The van der Waals surface area contributed by atoms with E-state index in [1.165, 1.54) is 52.7 Å². The van der Waals surface area contributed by atoms with Crippen LogP contribution < -0.4 is 28.2 Å². The summed E-state index contributed by atoms with van der Waals surface area (Å²) < 4.78 is 42.5. The van der Waals surface area contributed by atoms with E-state index < -0.39 is 7.82 Å². The van der Waals surface area contributed by atoms with Gasteiger partial charge >= 0.3 is 7.82 Å². The maximum atomic E-state index is 13.1. The van der Waals surface area contributed by atoms with Gasteiger partial charge in [-0.05, 0) is 24.3 Å². The number of hydrogen-bond acceptors (Lipinski definition) is 8. The maximum absolute atomic E-state index is 13.1. The van der Waals surface area contributed by atoms with Crippen molar-refractivity contribution in [2.75, 3.05) is 35.0 Å². The standard InChI is InChI=1S/C20H21O10P/c1-25-15-9-14-11(6-16(15)30-31(22,23)24)5-13(10-29-14)19(21)12-7-17(26-2)20(28-4)18(8-12)27-3/h5-9H,10H2,1-4H3,(H2,22,23,24). The van der Waals surface area contributed by atoms with Crippen LogP contribution in [0.3, 0.4) is 0 Å². The summed E-state index contributed by atoms with van der Waals surface area (Å²) in [5.74, 6) is 0.919. The minimum absolute atomic E-state index is 0.0235. The Balaban J connectivity index is 2.02. The van der Waals surface area contributed by atoms with E-state index >= 15 is 0 Å². The first kappa shape index (κ1) is 22.5. The van der Waals surface area contributed by atoms with E-state index in [1.54, 1.807) is 6.08 Å². The molecule has 0 saturated heterocycles. The second kappa shape index (κ2) is 8.89. The lowest BCUT2D eigenvalue weighted by atomic mass is 9.98. The molecular formula is C20H21O10P. The second-order valence-corrected chi connectivity index (χ2v) is 7.49. The van der Waals surface area contributed by atoms with E-state index in [-0.39, 0.29) is 29.5 Å². The van der Waals surface area contributed by atoms with Crippen LogP contribution in [0.5, 0.6) is 34.5 Å². The molecule has 0 bridgehead atoms. The summed E-state index contributed by atoms with van der Waals surface area (Å²) in [5, 5.41) is 0. The van der Waals surface area contributed by atoms with Crippen molar-refractivity contribution in [3.8, 4) is 34.5 Å². The first-order valence-corrected chi connectivity index (χ1v) is 10.4. The van der Waals surface area contributed by atoms with Crippen LogP contribution in [0.2, 0.25) is 0 Å². The Kier molecular flexibility index (Phi) is 6.45. The van der Waals surface area contributed by atoms with Crippen LogP contribution in [0, 0.1) is 0 Å². The fourth-order valence-corrected chi connectivity index (χ4v) is 3.47. The third kappa shape index (κ3) is 4.77. The molecule has 166 valence electrons. The highest BCUT2D eigenvalue weighted by Gasteiger charge is 2.26. The molecule has 0 fully saturated rings. The molecule has 1 aliphatic rings. The molecule has 0 radical (unpaired) electrons. The van der Waals surface area contributed by atoms with Gasteiger partial charge in [0.1, 0.15) is 12.4 Å². The number of Topliss-reactive ketones (excluding diaryl/α,β-unsaturated/α-hetero) is 1. The minimum atomic E-state index is -4.82. The number of phosphoric ester groups is 1. The van der Waals surface area contributed by atoms with Gasteiger partial charge in [-0.25, -0.2) is 4.57 Å². The Morgan fingerprint density at radius 3 is 2.03 bits per heavy atom. The van der Waals surface area contributed by atoms with Gasteiger partial charge in [-0.15, -0.1) is 0 Å². The van der Waals surface area contributed by atoms with Gasteiger partial charge in [0.05, 0.1) is 28.4 Å². The summed E-state index contributed by atoms with van der Waals surface area (Å²) in [4.78, 5) is 31.3. The van der Waals surface area contributed by atoms with E-state index in [0.29, 0.717) is 34.1 Å². The zero-order valence-corrected chi connectivity index (χ0v) is 18.1. The van der Waals surface area contributed by atoms with E-state index in [4.69, 9.17) is 33.5 Å². The first-order valence-electron chi connectivity index (χ1n) is 8.86. The van der Waals surface area contributed by atoms with Crippen molar-refractivity contribution in [3.05, 3.63) is 41.0 Å². The van der Waals surface area contributed by atoms with Crippen molar-refractivity contribution in [2.45, 2.75) is 0 Å². The zero-order valence-electron chi connectivity index (χ0n) is 17.2. The molecule has 0 unspecified atom stereocenters. The molecule has 0 aliphatic carbocycles. The molecule has 0 saturated carbocycles. The van der Waals surface area contributed by atoms with Gasteiger partial charge in [0.15, 0.2) is 28.8 Å². The SMILES string of the molecule is COc1cc2c(cc1OP(=O)(O)O)C=C(C(=O)c1cc(OC)c(OC)c(OC)c1)CO2. The molecule has 0 spiro atoms. The smallest absolute Gasteiger partial charge is 0.493 e. The predicted molar refractivity (Wildman–Crippen MR) is 110 cm³/mol. The zero-order chi connectivity index (χ0) is 22.8. The summed E-state index contributed by atoms with van der Waals surface area (Å²) in [6.07, 6.45) is 1.55. The summed E-state index contributed by atoms with van der Waals surface area (Å²) >= 11 is 0. The summed E-state index contributed by atoms with van der Waals surface area (Å²) in [6.45, 7) is -0.0235. The highest BCUT2D eigenvalue weighted by molar-refractivity contribution is 7.46. The molecule has 2 aromatic rings. The monoisotopic (exact) mass is 452 g/mol. The lowest BCUT2D eigenvalue weighted by Gasteiger charge is -2.20. The maximum Gasteiger partial charge on any atom is 0.524 e. The number of ketones is 1. The normalized spacial score (nSPS) is 12.8. The first-order chi connectivity index (χ1) is 14.7. The number of fused-ring (bicyclic) bond motifs is 1. The number of ether oxygens (including phenoxy) is 5. The molecule has 2 N–H and O–H groups in total. The summed E-state index contributed by atoms with van der Waals surface area (Å²) in [7, 11) is 0.856. The number of phosphoric acid groups is 1. The molecule has 1 heterocycles. The van der Waals surface area contributed by atoms with Crippen molar-refractivity contribution in [2.24, 2.45) is 0 Å². The Labute approximate surface area is 178 Å². The number of carbonyl (C=O) groups excluding carboxylic acids is 1. The van der Waals surface area contributed by atoms with E-state index in [0.717, 1.165) is 0 Å². The van der Waals surface area contributed by atoms with E-state index in [9.17, 15) is 9.36 Å². The minimum Gasteiger partial charge on any atom is -0.493 e. The Hall–Kier alpha value is -3.20. The molecule has 10 nitrogen and oxygen atoms in total. The van der Waals surface area contributed by atoms with Gasteiger partial charge in [0.25, 0.3) is 0 Å². The Morgan fingerprint density at radius 1 is 0.903 bits per heavy atom. The second-order valence-electron chi connectivity index (χ2n) is 6.32. The van der Waals surface area contributed by atoms with E-state index in [2.05, 4.69) is 4.52 Å². The highest BCUT2D eigenvalue weighted by atomic mass is 31.2. The molecule has 2 aromatic carbocycles. The van der Waals surface area contributed by atoms with Gasteiger partial charge in [0.2, 0.25) is 5.75 Å². The van der Waals surface area contributed by atoms with Crippen LogP contribution in [-0.4, -0.2) is 50.6 Å². The summed E-state index contributed by atoms with van der Waals surface area (Å²) in [6, 6.07) is 5.80. The highest BCUT2D eigenvalue weighted by Crippen LogP contribution is 2.46. The lowest BCUT2D eigenvalue weighted by molar-refractivity contribution is 0.102. The van der Waals surface area contributed by atoms with Crippen LogP contribution >= 0.6 is 7.82 Å². The lowest BCUT2D eigenvalue weighted by Crippen LogP contribution is -2.15. The van der Waals surface area contributed by atoms with Crippen molar-refractivity contribution < 1.29 is 47.4 Å². The Morgan fingerprint density at radius 2 is 1.52 bits per heavy atom. The van der Waals surface area contributed by atoms with Crippen molar-refractivity contribution in [1.82, 2.24) is 0 Å². The van der Waals surface area contributed by atoms with Gasteiger partial charge in [-0.2, -0.15) is 0 Å². The van der Waals surface area contributed by atoms with E-state index in [1.807, 2.05) is 0 Å². The van der Waals surface area contributed by atoms with Gasteiger partial charge in [-0.1, -0.05) is 0 Å². The van der Waals surface area contributed by atoms with Crippen LogP contribution in [-0.2, 0) is 4.57 Å². The van der Waals surface area contributed by atoms with Crippen LogP contribution in [0.1, 0.15) is 15.9 Å². The van der Waals surface area contributed by atoms with Crippen molar-refractivity contribution >= 4 is 19.7 Å². The van der Waals surface area contributed by atoms with Crippen molar-refractivity contribution in [1.29, 1.82) is 0 Å². The molecule has 0 amide bonds. The fourth-order valence-electron chi connectivity index (χ4n) is 3.07. The molecule has 1 aliphatic heterocycles. The largest absolute Gasteiger partial charge is 0.524 e. The van der Waals surface area contributed by atoms with Gasteiger partial charge < -0.3 is 28.2 Å². The van der Waals surface area contributed by atoms with Crippen LogP contribution in [0.25, 0.3) is 6.08 Å². The van der Waals surface area contributed by atoms with Crippen molar-refractivity contribution in [3.63, 3.8) is 0 Å². The van der Waals surface area contributed by atoms with Gasteiger partial charge in [-0.3, -0.25) is 14.6 Å². The number of benzene rings is 2. The molecule has 3 rings (SSSR count). The quantitative estimate of drug-likeness (QED) is 0.455. The topological polar surface area (TPSA) is 130 Å². The third-order valence-electron chi connectivity index (χ3n) is 4.44. The van der Waals surface area contributed by atoms with Gasteiger partial charge in [0, 0.05) is 22.8 Å². The molecule has 11 heteroatoms. The predicted octanol–water partition coefficient (Wildman–Crippen LogP) is 2.85. The molecule has 0 atom stereocenters. The number of hydrogen-bond donors (Lipinski definition) is 2. The summed E-state index contributed by atoms with van der Waals surface area (Å²) in [5.41, 5.74) is 0.980. The molecule has 0 aromatic heterocycles. The Bertz CT molecular complexity index is 1060. The number of carbonyl (C=O) groups is 1. The number of rotatable bonds is 8. The number of methoxy groups -OCH3 is 4. The average Bonchev–Trinajstić information content (AvgIpc) is 2.75. The molecular weight excluding hydrogens is 431 g/mol. The van der Waals surface area contributed by atoms with Crippen LogP contribution in [0.15, 0.2) is 29.8 Å². The third-order valence-corrected chi connectivity index (χ3v) is 4.88.